The van der Waals surface area contributed by atoms with Crippen LogP contribution in [0.4, 0.5) is 13.2 Å². The number of H-pyrrole nitrogens is 1. The lowest BCUT2D eigenvalue weighted by Crippen LogP contribution is -2.55. The van der Waals surface area contributed by atoms with Gasteiger partial charge in [0.05, 0.1) is 12.1 Å². The van der Waals surface area contributed by atoms with Crippen LogP contribution < -0.4 is 10.7 Å². The standard InChI is InChI=1S/C26H32F3N5O2/c27-26(28,29)17-32-11-7-21(22(15-32)19-4-2-1-3-5-19)24(35)34-12-8-25(36,9-13-34)16-33-14-20-6-10-30-23(20)31-18-33/h1-6,10,14,21-22,36H,7-9,11-13,15-18H2,(H,30,31)/t21-,22+/m1/s1. The Hall–Kier alpha value is -2.85. The summed E-state index contributed by atoms with van der Waals surface area (Å²) in [5.41, 5.74) is 0.809. The predicted octanol–water partition coefficient (Wildman–Crippen LogP) is 1.67. The zero-order valence-corrected chi connectivity index (χ0v) is 20.1. The van der Waals surface area contributed by atoms with Crippen LogP contribution in [0.1, 0.15) is 30.7 Å². The smallest absolute Gasteiger partial charge is 0.388 e. The van der Waals surface area contributed by atoms with Gasteiger partial charge in [0.15, 0.2) is 0 Å². The number of β-amino-alcohol motifs (C(OH)–C–C–N with tert-alkyl or cyclic N) is 1. The molecule has 1 aromatic carbocycles. The monoisotopic (exact) mass is 503 g/mol. The number of amides is 1. The molecule has 5 rings (SSSR count). The molecule has 0 spiro atoms. The molecular formula is C26H32F3N5O2. The minimum Gasteiger partial charge on any atom is -0.388 e. The number of hydrogen-bond acceptors (Lipinski definition) is 5. The molecule has 3 aliphatic heterocycles. The third-order valence-electron chi connectivity index (χ3n) is 7.64. The van der Waals surface area contributed by atoms with Crippen LogP contribution in [0.3, 0.4) is 0 Å². The van der Waals surface area contributed by atoms with Gasteiger partial charge < -0.3 is 19.9 Å². The van der Waals surface area contributed by atoms with E-state index in [0.717, 1.165) is 16.3 Å². The number of halogens is 3. The number of fused-ring (bicyclic) bond motifs is 1. The van der Waals surface area contributed by atoms with E-state index in [9.17, 15) is 23.1 Å². The largest absolute Gasteiger partial charge is 0.401 e. The Bertz CT molecular complexity index is 1170. The second-order valence-electron chi connectivity index (χ2n) is 10.3. The van der Waals surface area contributed by atoms with Gasteiger partial charge in [0.2, 0.25) is 5.91 Å². The van der Waals surface area contributed by atoms with E-state index in [1.54, 1.807) is 4.90 Å². The van der Waals surface area contributed by atoms with Gasteiger partial charge >= 0.3 is 6.18 Å². The molecule has 10 heteroatoms. The third kappa shape index (κ3) is 5.59. The van der Waals surface area contributed by atoms with Crippen LogP contribution >= 0.6 is 0 Å². The lowest BCUT2D eigenvalue weighted by molar-refractivity contribution is -0.153. The van der Waals surface area contributed by atoms with E-state index in [1.807, 2.05) is 53.7 Å². The van der Waals surface area contributed by atoms with E-state index in [-0.39, 0.29) is 30.8 Å². The Morgan fingerprint density at radius 2 is 1.89 bits per heavy atom. The highest BCUT2D eigenvalue weighted by Gasteiger charge is 2.42. The van der Waals surface area contributed by atoms with Crippen LogP contribution in [0.15, 0.2) is 47.6 Å². The number of benzene rings is 1. The quantitative estimate of drug-likeness (QED) is 0.651. The van der Waals surface area contributed by atoms with Gasteiger partial charge in [-0.3, -0.25) is 9.69 Å². The number of aliphatic hydroxyl groups is 1. The van der Waals surface area contributed by atoms with Crippen molar-refractivity contribution >= 4 is 12.1 Å². The van der Waals surface area contributed by atoms with Crippen molar-refractivity contribution in [3.05, 3.63) is 58.9 Å². The molecule has 7 nitrogen and oxygen atoms in total. The molecule has 0 bridgehead atoms. The van der Waals surface area contributed by atoms with Crippen molar-refractivity contribution in [2.75, 3.05) is 45.9 Å². The number of carbonyl (C=O) groups excluding carboxylic acids is 1. The fourth-order valence-corrected chi connectivity index (χ4v) is 5.77. The Kier molecular flexibility index (Phi) is 6.82. The predicted molar refractivity (Wildman–Crippen MR) is 128 cm³/mol. The summed E-state index contributed by atoms with van der Waals surface area (Å²) < 4.78 is 39.2. The number of nitrogens with one attached hydrogen (secondary N) is 1. The molecule has 0 aliphatic carbocycles. The van der Waals surface area contributed by atoms with Crippen molar-refractivity contribution < 1.29 is 23.1 Å². The molecule has 36 heavy (non-hydrogen) atoms. The first-order valence-electron chi connectivity index (χ1n) is 12.5. The molecule has 1 amide bonds. The van der Waals surface area contributed by atoms with Crippen LogP contribution in [-0.2, 0) is 4.79 Å². The molecule has 0 saturated carbocycles. The van der Waals surface area contributed by atoms with Gasteiger partial charge in [-0.05, 0) is 37.4 Å². The molecule has 1 aromatic heterocycles. The van der Waals surface area contributed by atoms with Crippen molar-refractivity contribution in [2.24, 2.45) is 10.9 Å². The number of piperidine rings is 2. The van der Waals surface area contributed by atoms with Crippen LogP contribution in [-0.4, -0.2) is 88.4 Å². The van der Waals surface area contributed by atoms with E-state index in [2.05, 4.69) is 9.98 Å². The number of rotatable bonds is 5. The lowest BCUT2D eigenvalue weighted by Gasteiger charge is -2.44. The molecular weight excluding hydrogens is 471 g/mol. The van der Waals surface area contributed by atoms with E-state index in [1.165, 1.54) is 4.90 Å². The van der Waals surface area contributed by atoms with Gasteiger partial charge in [-0.25, -0.2) is 4.99 Å². The lowest BCUT2D eigenvalue weighted by atomic mass is 9.79. The molecule has 2 saturated heterocycles. The molecule has 4 heterocycles. The van der Waals surface area contributed by atoms with Gasteiger partial charge in [-0.1, -0.05) is 30.3 Å². The van der Waals surface area contributed by atoms with Crippen molar-refractivity contribution in [3.8, 4) is 0 Å². The van der Waals surface area contributed by atoms with Gasteiger partial charge in [-0.15, -0.1) is 0 Å². The van der Waals surface area contributed by atoms with E-state index < -0.39 is 18.3 Å². The van der Waals surface area contributed by atoms with Gasteiger partial charge in [0.1, 0.15) is 12.2 Å². The molecule has 194 valence electrons. The zero-order valence-electron chi connectivity index (χ0n) is 20.1. The van der Waals surface area contributed by atoms with E-state index in [4.69, 9.17) is 0 Å². The maximum atomic E-state index is 13.6. The molecule has 2 N–H and O–H groups in total. The number of hydrogen-bond donors (Lipinski definition) is 2. The number of aromatic nitrogens is 1. The Morgan fingerprint density at radius 1 is 1.14 bits per heavy atom. The van der Waals surface area contributed by atoms with Crippen LogP contribution in [0.2, 0.25) is 0 Å². The first kappa shape index (κ1) is 24.8. The maximum Gasteiger partial charge on any atom is 0.401 e. The second-order valence-corrected chi connectivity index (χ2v) is 10.3. The van der Waals surface area contributed by atoms with Crippen molar-refractivity contribution in [1.82, 2.24) is 19.7 Å². The van der Waals surface area contributed by atoms with E-state index >= 15 is 0 Å². The van der Waals surface area contributed by atoms with Gasteiger partial charge in [0.25, 0.3) is 0 Å². The number of alkyl halides is 3. The van der Waals surface area contributed by atoms with Gasteiger partial charge in [-0.2, -0.15) is 13.2 Å². The average molecular weight is 504 g/mol. The first-order valence-corrected chi connectivity index (χ1v) is 12.5. The summed E-state index contributed by atoms with van der Waals surface area (Å²) in [6.07, 6.45) is 0.852. The normalized spacial score (nSPS) is 24.6. The Balaban J connectivity index is 1.23. The maximum absolute atomic E-state index is 13.6. The molecule has 0 unspecified atom stereocenters. The summed E-state index contributed by atoms with van der Waals surface area (Å²) in [6.45, 7) is 1.25. The van der Waals surface area contributed by atoms with Crippen LogP contribution in [0.5, 0.6) is 0 Å². The highest BCUT2D eigenvalue weighted by molar-refractivity contribution is 5.80. The van der Waals surface area contributed by atoms with Crippen LogP contribution in [0, 0.1) is 5.92 Å². The van der Waals surface area contributed by atoms with Crippen molar-refractivity contribution in [3.63, 3.8) is 0 Å². The summed E-state index contributed by atoms with van der Waals surface area (Å²) in [5.74, 6) is -0.686. The summed E-state index contributed by atoms with van der Waals surface area (Å²) in [7, 11) is 0. The Morgan fingerprint density at radius 3 is 2.61 bits per heavy atom. The number of aromatic amines is 1. The summed E-state index contributed by atoms with van der Waals surface area (Å²) in [5, 5.41) is 12.2. The average Bonchev–Trinajstić information content (AvgIpc) is 3.31. The fraction of sp³-hybridized carbons (Fsp3) is 0.538. The highest BCUT2D eigenvalue weighted by Crippen LogP contribution is 2.36. The molecule has 3 aliphatic rings. The Labute approximate surface area is 207 Å². The molecule has 2 aromatic rings. The minimum atomic E-state index is -4.27. The highest BCUT2D eigenvalue weighted by atomic mass is 19.4. The van der Waals surface area contributed by atoms with Crippen molar-refractivity contribution in [1.29, 1.82) is 0 Å². The topological polar surface area (TPSA) is 75.2 Å². The van der Waals surface area contributed by atoms with Crippen molar-refractivity contribution in [2.45, 2.75) is 37.0 Å². The number of nitrogens with zero attached hydrogens (tertiary/aromatic N) is 4. The molecule has 2 atom stereocenters. The zero-order chi connectivity index (χ0) is 25.3. The number of carbonyl (C=O) groups is 1. The van der Waals surface area contributed by atoms with E-state index in [0.29, 0.717) is 45.6 Å². The SMILES string of the molecule is O=C([C@@H]1CCN(CC(F)(F)F)C[C@H]1c1ccccc1)N1CCC(O)(CN2C=c3cc[nH]c3=NC2)CC1. The van der Waals surface area contributed by atoms with Gasteiger partial charge in [0, 0.05) is 55.6 Å². The summed E-state index contributed by atoms with van der Waals surface area (Å²) >= 11 is 0. The second kappa shape index (κ2) is 9.89. The minimum absolute atomic E-state index is 0.0194. The summed E-state index contributed by atoms with van der Waals surface area (Å²) in [6, 6.07) is 11.3. The summed E-state index contributed by atoms with van der Waals surface area (Å²) in [4.78, 5) is 26.4. The molecule has 0 radical (unpaired) electrons. The van der Waals surface area contributed by atoms with Crippen LogP contribution in [0.25, 0.3) is 6.20 Å². The third-order valence-corrected chi connectivity index (χ3v) is 7.64. The number of likely N-dealkylation sites (tertiary alicyclic amines) is 2. The first-order chi connectivity index (χ1) is 17.2. The molecule has 2 fully saturated rings. The fourth-order valence-electron chi connectivity index (χ4n) is 5.77.